The molecule has 2 aromatic heterocycles. The van der Waals surface area contributed by atoms with Gasteiger partial charge < -0.3 is 9.47 Å². The van der Waals surface area contributed by atoms with Gasteiger partial charge in [-0.1, -0.05) is 42.4 Å². The number of rotatable bonds is 3. The number of thiophene rings is 1. The van der Waals surface area contributed by atoms with Crippen molar-refractivity contribution in [2.75, 3.05) is 4.90 Å². The van der Waals surface area contributed by atoms with Crippen molar-refractivity contribution >= 4 is 40.1 Å². The van der Waals surface area contributed by atoms with Crippen molar-refractivity contribution in [2.45, 2.75) is 32.2 Å². The second-order valence-corrected chi connectivity index (χ2v) is 8.77. The number of nitrogens with zero attached hydrogens (tertiary/aromatic N) is 5. The van der Waals surface area contributed by atoms with E-state index in [2.05, 4.69) is 60.8 Å². The lowest BCUT2D eigenvalue weighted by atomic mass is 10.2. The Bertz CT molecular complexity index is 1120. The number of hydrogen-bond acceptors (Lipinski definition) is 6. The fraction of sp³-hybridized carbons (Fsp3) is 0.227. The molecule has 0 spiro atoms. The summed E-state index contributed by atoms with van der Waals surface area (Å²) in [6.45, 7) is 0.872. The van der Waals surface area contributed by atoms with Crippen LogP contribution < -0.4 is 4.90 Å². The number of benzene rings is 1. The predicted octanol–water partition coefficient (Wildman–Crippen LogP) is 5.51. The summed E-state index contributed by atoms with van der Waals surface area (Å²) in [6, 6.07) is 16.8. The van der Waals surface area contributed by atoms with Crippen molar-refractivity contribution < 1.29 is 0 Å². The number of thioether (sulfide) groups is 1. The van der Waals surface area contributed by atoms with E-state index in [4.69, 9.17) is 0 Å². The Morgan fingerprint density at radius 1 is 1.03 bits per heavy atom. The molecule has 7 heteroatoms. The van der Waals surface area contributed by atoms with E-state index in [1.165, 1.54) is 11.3 Å². The van der Waals surface area contributed by atoms with Gasteiger partial charge in [-0.15, -0.1) is 21.5 Å². The fourth-order valence-electron chi connectivity index (χ4n) is 3.79. The molecule has 2 aliphatic heterocycles. The van der Waals surface area contributed by atoms with Gasteiger partial charge in [0.15, 0.2) is 5.82 Å². The maximum atomic E-state index is 10.2. The third-order valence-electron chi connectivity index (χ3n) is 5.17. The first-order chi connectivity index (χ1) is 14.4. The van der Waals surface area contributed by atoms with Crippen molar-refractivity contribution in [1.82, 2.24) is 14.8 Å². The molecule has 4 heterocycles. The van der Waals surface area contributed by atoms with E-state index >= 15 is 0 Å². The smallest absolute Gasteiger partial charge is 0.177 e. The molecule has 0 saturated heterocycles. The van der Waals surface area contributed by atoms with Crippen LogP contribution in [0.5, 0.6) is 0 Å². The van der Waals surface area contributed by atoms with Crippen LogP contribution in [0.1, 0.15) is 35.8 Å². The largest absolute Gasteiger partial charge is 0.310 e. The number of fused-ring (bicyclic) bond motifs is 1. The summed E-state index contributed by atoms with van der Waals surface area (Å²) in [5.74, 6) is 1.68. The van der Waals surface area contributed by atoms with Gasteiger partial charge in [0.05, 0.1) is 10.6 Å². The minimum absolute atomic E-state index is 0.585. The second kappa shape index (κ2) is 7.90. The highest BCUT2D eigenvalue weighted by molar-refractivity contribution is 8.06. The lowest BCUT2D eigenvalue weighted by molar-refractivity contribution is 0.627. The Morgan fingerprint density at radius 2 is 1.93 bits per heavy atom. The average Bonchev–Trinajstić information content (AvgIpc) is 3.48. The molecule has 5 nitrogen and oxygen atoms in total. The zero-order chi connectivity index (χ0) is 19.6. The van der Waals surface area contributed by atoms with Crippen molar-refractivity contribution in [3.63, 3.8) is 0 Å². The van der Waals surface area contributed by atoms with Gasteiger partial charge in [-0.25, -0.2) is 0 Å². The van der Waals surface area contributed by atoms with Crippen molar-refractivity contribution in [2.24, 2.45) is 0 Å². The number of para-hydroxylation sites is 1. The average molecular weight is 418 g/mol. The van der Waals surface area contributed by atoms with E-state index in [0.717, 1.165) is 48.0 Å². The Labute approximate surface area is 178 Å². The number of aromatic nitrogens is 3. The standard InChI is InChI=1S/C22H19N5S2/c23-14-17(21-25-24-20-11-5-2-6-12-26(20)21)22-27(16-8-3-1-4-9-16)18(15-29-22)19-10-7-13-28-19/h1,3-4,7-10,13,15H,2,5-6,11-12H2/b22-17+. The predicted molar refractivity (Wildman–Crippen MR) is 119 cm³/mol. The first-order valence-corrected chi connectivity index (χ1v) is 11.5. The van der Waals surface area contributed by atoms with Crippen LogP contribution in [0.2, 0.25) is 0 Å². The van der Waals surface area contributed by atoms with Crippen LogP contribution in [0.3, 0.4) is 0 Å². The Hall–Kier alpha value is -2.82. The summed E-state index contributed by atoms with van der Waals surface area (Å²) in [5.41, 5.74) is 2.72. The van der Waals surface area contributed by atoms with Gasteiger partial charge in [0.25, 0.3) is 0 Å². The quantitative estimate of drug-likeness (QED) is 0.526. The molecule has 0 amide bonds. The van der Waals surface area contributed by atoms with Crippen LogP contribution in [0, 0.1) is 11.3 Å². The highest BCUT2D eigenvalue weighted by Crippen LogP contribution is 2.46. The molecule has 29 heavy (non-hydrogen) atoms. The number of nitriles is 1. The molecule has 0 radical (unpaired) electrons. The molecule has 2 aliphatic rings. The first-order valence-electron chi connectivity index (χ1n) is 9.69. The SMILES string of the molecule is N#C/C(=C1\SC=C(c2cccs2)N1c1ccccc1)c1nnc2n1CCCCC2. The molecule has 0 aliphatic carbocycles. The molecular weight excluding hydrogens is 398 g/mol. The number of anilines is 1. The van der Waals surface area contributed by atoms with Crippen LogP contribution in [0.25, 0.3) is 11.3 Å². The van der Waals surface area contributed by atoms with Gasteiger partial charge in [-0.3, -0.25) is 0 Å². The van der Waals surface area contributed by atoms with Gasteiger partial charge in [-0.2, -0.15) is 5.26 Å². The molecule has 3 aromatic rings. The normalized spacial score (nSPS) is 18.0. The summed E-state index contributed by atoms with van der Waals surface area (Å²) in [6.07, 6.45) is 4.34. The number of hydrogen-bond donors (Lipinski definition) is 0. The summed E-state index contributed by atoms with van der Waals surface area (Å²) < 4.78 is 2.14. The lowest BCUT2D eigenvalue weighted by Crippen LogP contribution is -2.17. The molecule has 0 bridgehead atoms. The third kappa shape index (κ3) is 3.28. The molecule has 0 fully saturated rings. The second-order valence-electron chi connectivity index (χ2n) is 6.96. The zero-order valence-electron chi connectivity index (χ0n) is 15.8. The fourth-order valence-corrected chi connectivity index (χ4v) is 5.61. The molecule has 0 unspecified atom stereocenters. The zero-order valence-corrected chi connectivity index (χ0v) is 17.4. The van der Waals surface area contributed by atoms with Crippen LogP contribution in [0.4, 0.5) is 5.69 Å². The summed E-state index contributed by atoms with van der Waals surface area (Å²) >= 11 is 3.29. The monoisotopic (exact) mass is 417 g/mol. The van der Waals surface area contributed by atoms with Crippen LogP contribution >= 0.6 is 23.1 Å². The van der Waals surface area contributed by atoms with Crippen molar-refractivity contribution in [1.29, 1.82) is 5.26 Å². The minimum atomic E-state index is 0.585. The molecule has 0 atom stereocenters. The van der Waals surface area contributed by atoms with E-state index in [0.29, 0.717) is 11.4 Å². The van der Waals surface area contributed by atoms with Gasteiger partial charge in [-0.05, 0) is 36.4 Å². The maximum Gasteiger partial charge on any atom is 0.177 e. The van der Waals surface area contributed by atoms with E-state index in [9.17, 15) is 5.26 Å². The topological polar surface area (TPSA) is 57.7 Å². The van der Waals surface area contributed by atoms with Gasteiger partial charge >= 0.3 is 0 Å². The molecule has 0 saturated carbocycles. The molecular formula is C22H19N5S2. The van der Waals surface area contributed by atoms with E-state index < -0.39 is 0 Å². The number of allylic oxidation sites excluding steroid dienone is 1. The van der Waals surface area contributed by atoms with Gasteiger partial charge in [0.2, 0.25) is 0 Å². The van der Waals surface area contributed by atoms with Crippen LogP contribution in [0.15, 0.2) is 58.3 Å². The summed E-state index contributed by atoms with van der Waals surface area (Å²) in [5, 5.41) is 24.1. The Balaban J connectivity index is 1.66. The van der Waals surface area contributed by atoms with Gasteiger partial charge in [0, 0.05) is 24.1 Å². The summed E-state index contributed by atoms with van der Waals surface area (Å²) in [7, 11) is 0. The highest BCUT2D eigenvalue weighted by Gasteiger charge is 2.30. The first kappa shape index (κ1) is 18.2. The Morgan fingerprint density at radius 3 is 2.72 bits per heavy atom. The minimum Gasteiger partial charge on any atom is -0.310 e. The maximum absolute atomic E-state index is 10.2. The summed E-state index contributed by atoms with van der Waals surface area (Å²) in [4.78, 5) is 3.35. The van der Waals surface area contributed by atoms with Gasteiger partial charge in [0.1, 0.15) is 22.5 Å². The molecule has 1 aromatic carbocycles. The van der Waals surface area contributed by atoms with Crippen LogP contribution in [-0.4, -0.2) is 14.8 Å². The highest BCUT2D eigenvalue weighted by atomic mass is 32.2. The number of aryl methyl sites for hydroxylation is 1. The molecule has 5 rings (SSSR count). The van der Waals surface area contributed by atoms with E-state index in [1.807, 2.05) is 18.2 Å². The van der Waals surface area contributed by atoms with Crippen LogP contribution in [-0.2, 0) is 13.0 Å². The molecule has 144 valence electrons. The lowest BCUT2D eigenvalue weighted by Gasteiger charge is -2.24. The van der Waals surface area contributed by atoms with Crippen molar-refractivity contribution in [3.8, 4) is 6.07 Å². The Kier molecular flexibility index (Phi) is 4.96. The van der Waals surface area contributed by atoms with E-state index in [-0.39, 0.29) is 0 Å². The molecule has 0 N–H and O–H groups in total. The van der Waals surface area contributed by atoms with E-state index in [1.54, 1.807) is 23.1 Å². The van der Waals surface area contributed by atoms with Crippen molar-refractivity contribution in [3.05, 3.63) is 74.8 Å². The third-order valence-corrected chi connectivity index (χ3v) is 7.02.